The molecule has 1 aromatic rings. The summed E-state index contributed by atoms with van der Waals surface area (Å²) in [4.78, 5) is 14.4. The molecule has 3 nitrogen and oxygen atoms in total. The number of carbonyl (C=O) groups is 1. The van der Waals surface area contributed by atoms with Gasteiger partial charge in [-0.1, -0.05) is 24.6 Å². The van der Waals surface area contributed by atoms with Crippen molar-refractivity contribution < 1.29 is 9.53 Å². The van der Waals surface area contributed by atoms with Crippen molar-refractivity contribution in [1.29, 1.82) is 0 Å². The summed E-state index contributed by atoms with van der Waals surface area (Å²) in [5.41, 5.74) is 0. The average Bonchev–Trinajstić information content (AvgIpc) is 2.45. The van der Waals surface area contributed by atoms with Gasteiger partial charge in [-0.3, -0.25) is 4.79 Å². The summed E-state index contributed by atoms with van der Waals surface area (Å²) in [5, 5.41) is 0. The van der Waals surface area contributed by atoms with Crippen LogP contribution >= 0.6 is 0 Å². The molecule has 2 fully saturated rings. The van der Waals surface area contributed by atoms with Gasteiger partial charge in [-0.15, -0.1) is 0 Å². The van der Waals surface area contributed by atoms with Crippen molar-refractivity contribution in [3.8, 4) is 5.75 Å². The van der Waals surface area contributed by atoms with E-state index in [1.807, 2.05) is 30.3 Å². The predicted octanol–water partition coefficient (Wildman–Crippen LogP) is 3.10. The monoisotopic (exact) mass is 273 g/mol. The van der Waals surface area contributed by atoms with Gasteiger partial charge < -0.3 is 9.64 Å². The Morgan fingerprint density at radius 1 is 1.15 bits per heavy atom. The molecule has 0 N–H and O–H groups in total. The SMILES string of the molecule is O=C(C1CCC1)N1CCCC(COc2ccccc2)C1. The van der Waals surface area contributed by atoms with E-state index in [2.05, 4.69) is 4.90 Å². The Labute approximate surface area is 120 Å². The van der Waals surface area contributed by atoms with Gasteiger partial charge in [0.25, 0.3) is 0 Å². The summed E-state index contributed by atoms with van der Waals surface area (Å²) < 4.78 is 5.84. The zero-order valence-corrected chi connectivity index (χ0v) is 12.0. The maximum absolute atomic E-state index is 12.3. The fraction of sp³-hybridized carbons (Fsp3) is 0.588. The Hall–Kier alpha value is -1.51. The summed E-state index contributed by atoms with van der Waals surface area (Å²) in [7, 11) is 0. The lowest BCUT2D eigenvalue weighted by molar-refractivity contribution is -0.140. The first-order valence-corrected chi connectivity index (χ1v) is 7.79. The smallest absolute Gasteiger partial charge is 0.225 e. The minimum Gasteiger partial charge on any atom is -0.493 e. The van der Waals surface area contributed by atoms with E-state index in [0.717, 1.165) is 44.7 Å². The number of likely N-dealkylation sites (tertiary alicyclic amines) is 1. The Kier molecular flexibility index (Phi) is 4.24. The van der Waals surface area contributed by atoms with E-state index in [-0.39, 0.29) is 0 Å². The van der Waals surface area contributed by atoms with Crippen molar-refractivity contribution in [2.75, 3.05) is 19.7 Å². The lowest BCUT2D eigenvalue weighted by atomic mass is 9.83. The van der Waals surface area contributed by atoms with Gasteiger partial charge in [0.2, 0.25) is 5.91 Å². The molecule has 1 saturated carbocycles. The number of hydrogen-bond acceptors (Lipinski definition) is 2. The van der Waals surface area contributed by atoms with E-state index in [4.69, 9.17) is 4.74 Å². The average molecular weight is 273 g/mol. The minimum atomic E-state index is 0.323. The lowest BCUT2D eigenvalue weighted by Gasteiger charge is -2.37. The van der Waals surface area contributed by atoms with Gasteiger partial charge in [0.1, 0.15) is 5.75 Å². The largest absolute Gasteiger partial charge is 0.493 e. The van der Waals surface area contributed by atoms with Crippen LogP contribution in [0.5, 0.6) is 5.75 Å². The fourth-order valence-electron chi connectivity index (χ4n) is 3.05. The highest BCUT2D eigenvalue weighted by molar-refractivity contribution is 5.79. The number of para-hydroxylation sites is 1. The van der Waals surface area contributed by atoms with Crippen LogP contribution in [0.15, 0.2) is 30.3 Å². The highest BCUT2D eigenvalue weighted by Crippen LogP contribution is 2.30. The molecule has 1 unspecified atom stereocenters. The normalized spacial score (nSPS) is 23.2. The molecule has 1 aliphatic carbocycles. The van der Waals surface area contributed by atoms with Crippen LogP contribution in [0.2, 0.25) is 0 Å². The number of carbonyl (C=O) groups excluding carboxylic acids is 1. The molecular weight excluding hydrogens is 250 g/mol. The third kappa shape index (κ3) is 3.14. The molecule has 0 aromatic heterocycles. The second kappa shape index (κ2) is 6.29. The maximum Gasteiger partial charge on any atom is 0.225 e. The van der Waals surface area contributed by atoms with Crippen LogP contribution < -0.4 is 4.74 Å². The van der Waals surface area contributed by atoms with Crippen molar-refractivity contribution >= 4 is 5.91 Å². The molecule has 1 aromatic carbocycles. The Balaban J connectivity index is 1.49. The van der Waals surface area contributed by atoms with Crippen molar-refractivity contribution in [1.82, 2.24) is 4.90 Å². The molecule has 1 heterocycles. The van der Waals surface area contributed by atoms with Crippen LogP contribution in [0.3, 0.4) is 0 Å². The van der Waals surface area contributed by atoms with E-state index < -0.39 is 0 Å². The van der Waals surface area contributed by atoms with Crippen molar-refractivity contribution in [3.63, 3.8) is 0 Å². The lowest BCUT2D eigenvalue weighted by Crippen LogP contribution is -2.45. The summed E-state index contributed by atoms with van der Waals surface area (Å²) in [6.45, 7) is 2.54. The number of nitrogens with zero attached hydrogens (tertiary/aromatic N) is 1. The molecule has 1 atom stereocenters. The number of hydrogen-bond donors (Lipinski definition) is 0. The van der Waals surface area contributed by atoms with E-state index in [9.17, 15) is 4.79 Å². The van der Waals surface area contributed by atoms with E-state index in [1.54, 1.807) is 0 Å². The molecular formula is C17H23NO2. The molecule has 3 heteroatoms. The fourth-order valence-corrected chi connectivity index (χ4v) is 3.05. The van der Waals surface area contributed by atoms with E-state index in [1.165, 1.54) is 12.8 Å². The van der Waals surface area contributed by atoms with Crippen molar-refractivity contribution in [3.05, 3.63) is 30.3 Å². The maximum atomic E-state index is 12.3. The molecule has 0 radical (unpaired) electrons. The summed E-state index contributed by atoms with van der Waals surface area (Å²) in [6.07, 6.45) is 5.70. The van der Waals surface area contributed by atoms with Crippen LogP contribution in [-0.4, -0.2) is 30.5 Å². The van der Waals surface area contributed by atoms with Crippen LogP contribution in [0.1, 0.15) is 32.1 Å². The molecule has 2 aliphatic rings. The molecule has 1 saturated heterocycles. The summed E-state index contributed by atoms with van der Waals surface area (Å²) >= 11 is 0. The molecule has 1 aliphatic heterocycles. The highest BCUT2D eigenvalue weighted by Gasteiger charge is 2.32. The molecule has 20 heavy (non-hydrogen) atoms. The topological polar surface area (TPSA) is 29.5 Å². The van der Waals surface area contributed by atoms with Crippen LogP contribution in [-0.2, 0) is 4.79 Å². The number of piperidine rings is 1. The van der Waals surface area contributed by atoms with Gasteiger partial charge in [0.05, 0.1) is 6.61 Å². The summed E-state index contributed by atoms with van der Waals surface area (Å²) in [5.74, 6) is 2.12. The third-order valence-electron chi connectivity index (χ3n) is 4.51. The number of benzene rings is 1. The standard InChI is InChI=1S/C17H23NO2/c19-17(15-7-4-8-15)18-11-5-6-14(12-18)13-20-16-9-2-1-3-10-16/h1-3,9-10,14-15H,4-8,11-13H2. The van der Waals surface area contributed by atoms with Gasteiger partial charge in [0, 0.05) is 24.9 Å². The zero-order valence-electron chi connectivity index (χ0n) is 12.0. The zero-order chi connectivity index (χ0) is 13.8. The second-order valence-corrected chi connectivity index (χ2v) is 6.04. The van der Waals surface area contributed by atoms with Gasteiger partial charge >= 0.3 is 0 Å². The quantitative estimate of drug-likeness (QED) is 0.843. The Morgan fingerprint density at radius 2 is 1.95 bits per heavy atom. The van der Waals surface area contributed by atoms with Crippen LogP contribution in [0.25, 0.3) is 0 Å². The predicted molar refractivity (Wildman–Crippen MR) is 78.6 cm³/mol. The third-order valence-corrected chi connectivity index (χ3v) is 4.51. The van der Waals surface area contributed by atoms with Gasteiger partial charge in [0.15, 0.2) is 0 Å². The van der Waals surface area contributed by atoms with E-state index >= 15 is 0 Å². The van der Waals surface area contributed by atoms with E-state index in [0.29, 0.717) is 17.7 Å². The van der Waals surface area contributed by atoms with Gasteiger partial charge in [-0.05, 0) is 37.8 Å². The van der Waals surface area contributed by atoms with Crippen LogP contribution in [0.4, 0.5) is 0 Å². The Bertz CT molecular complexity index is 442. The second-order valence-electron chi connectivity index (χ2n) is 6.04. The van der Waals surface area contributed by atoms with Crippen LogP contribution in [0, 0.1) is 11.8 Å². The first-order chi connectivity index (χ1) is 9.83. The number of ether oxygens (including phenoxy) is 1. The molecule has 0 bridgehead atoms. The van der Waals surface area contributed by atoms with Crippen molar-refractivity contribution in [2.24, 2.45) is 11.8 Å². The summed E-state index contributed by atoms with van der Waals surface area (Å²) in [6, 6.07) is 9.94. The molecule has 0 spiro atoms. The number of amides is 1. The molecule has 108 valence electrons. The van der Waals surface area contributed by atoms with Crippen molar-refractivity contribution in [2.45, 2.75) is 32.1 Å². The highest BCUT2D eigenvalue weighted by atomic mass is 16.5. The van der Waals surface area contributed by atoms with Gasteiger partial charge in [-0.25, -0.2) is 0 Å². The molecule has 3 rings (SSSR count). The first-order valence-electron chi connectivity index (χ1n) is 7.79. The minimum absolute atomic E-state index is 0.323. The molecule has 1 amide bonds. The Morgan fingerprint density at radius 3 is 2.65 bits per heavy atom. The number of rotatable bonds is 4. The van der Waals surface area contributed by atoms with Gasteiger partial charge in [-0.2, -0.15) is 0 Å². The first kappa shape index (κ1) is 13.5.